The first kappa shape index (κ1) is 78.0. The fourth-order valence-electron chi connectivity index (χ4n) is 12.7. The van der Waals surface area contributed by atoms with Gasteiger partial charge in [0.1, 0.15) is 88.5 Å². The predicted molar refractivity (Wildman–Crippen MR) is 406 cm³/mol. The Kier molecular flexibility index (Phi) is 24.9. The maximum Gasteiger partial charge on any atom is 0.413 e. The number of carbonyl (C=O) groups excluding carboxylic acids is 6. The summed E-state index contributed by atoms with van der Waals surface area (Å²) in [6, 6.07) is 40.4. The molecule has 3 atom stereocenters. The molecule has 0 unspecified atom stereocenters. The average molecular weight is 1540 g/mol. The van der Waals surface area contributed by atoms with Crippen LogP contribution in [0.5, 0.6) is 28.7 Å². The number of oxime groups is 1. The van der Waals surface area contributed by atoms with Crippen LogP contribution in [0.15, 0.2) is 167 Å². The molecule has 28 heteroatoms. The Morgan fingerprint density at radius 3 is 1.83 bits per heavy atom. The number of quaternary nitrogens is 1. The number of thioether (sulfide) groups is 1. The number of pyridine rings is 1. The number of aryl methyl sites for hydroxylation is 1. The van der Waals surface area contributed by atoms with Crippen LogP contribution >= 0.6 is 46.3 Å². The van der Waals surface area contributed by atoms with Crippen molar-refractivity contribution in [2.45, 2.75) is 135 Å². The molecule has 3 aliphatic rings. The van der Waals surface area contributed by atoms with Gasteiger partial charge < -0.3 is 61.8 Å². The van der Waals surface area contributed by atoms with Gasteiger partial charge in [-0.25, -0.2) is 19.4 Å². The Balaban J connectivity index is 0.946. The molecule has 11 rings (SSSR count). The first-order chi connectivity index (χ1) is 51.2. The molecule has 2 fully saturated rings. The fourth-order valence-corrected chi connectivity index (χ4v) is 15.4. The van der Waals surface area contributed by atoms with E-state index >= 15 is 19.2 Å². The molecule has 0 aliphatic carbocycles. The topological polar surface area (TPSA) is 269 Å². The predicted octanol–water partition coefficient (Wildman–Crippen LogP) is 13.7. The number of β-lactam (4-membered cyclic amide) rings is 1. The van der Waals surface area contributed by atoms with Crippen molar-refractivity contribution in [3.8, 4) is 28.7 Å². The lowest BCUT2D eigenvalue weighted by atomic mass is 10.00. The number of nitrogens with one attached hydrogen (secondary N) is 2. The summed E-state index contributed by atoms with van der Waals surface area (Å²) < 4.78 is 54.5. The number of ether oxygens (including phenoxy) is 9. The van der Waals surface area contributed by atoms with E-state index in [-0.39, 0.29) is 81.1 Å². The lowest BCUT2D eigenvalue weighted by molar-refractivity contribution is -0.925. The number of hydrogen-bond donors (Lipinski definition) is 2. The van der Waals surface area contributed by atoms with Crippen LogP contribution in [-0.4, -0.2) is 136 Å². The van der Waals surface area contributed by atoms with Crippen LogP contribution in [0.2, 0.25) is 9.36 Å². The minimum absolute atomic E-state index is 0.0328. The number of rotatable bonds is 29. The largest absolute Gasteiger partial charge is 0.497 e. The van der Waals surface area contributed by atoms with E-state index in [0.717, 1.165) is 35.3 Å². The highest BCUT2D eigenvalue weighted by molar-refractivity contribution is 8.00. The highest BCUT2D eigenvalue weighted by atomic mass is 35.5. The Morgan fingerprint density at radius 2 is 1.28 bits per heavy atom. The number of methoxy groups -OCH3 is 3. The standard InChI is InChI=1S/C79H83Cl2N7O17S2/c1-11-86-40-52(67(90)61-57(86)38-58(99-43-47-24-30-54(96-8)31-25-47)69(62(61)80)100-44-48-26-32-55(97-9)33-27-48)41-88(36-18-19-37-88)42-53-46-106-73-65(72(92)87(73)66(53)75(94)102-68(50-20-14-12-15-21-50)51-22-16-13-17-23-51)82-71(91)64(63-70(81)107-76(83-63)84-77(95)104-79(5,6)7)85-105-59(39-60(89)103-78(2,3)4)74(93)101-45-49-28-34-56(98-10)35-29-49/h12-17,20-35,38,40,59,65,68,73H,11,18-19,36-37,39,41-46H2,1-10H3,(H-,82,83,84,91,95)/p+1/b85-64-/t59-,65+,73+/m0/s1. The first-order valence-corrected chi connectivity index (χ1v) is 37.3. The summed E-state index contributed by atoms with van der Waals surface area (Å²) in [4.78, 5) is 114. The number of halogens is 2. The molecule has 0 radical (unpaired) electrons. The number of carbonyl (C=O) groups is 6. The summed E-state index contributed by atoms with van der Waals surface area (Å²) in [5, 5.41) is 8.66. The minimum Gasteiger partial charge on any atom is -0.497 e. The van der Waals surface area contributed by atoms with Crippen LogP contribution in [0.3, 0.4) is 0 Å². The smallest absolute Gasteiger partial charge is 0.413 e. The second-order valence-electron chi connectivity index (χ2n) is 27.7. The zero-order valence-corrected chi connectivity index (χ0v) is 64.0. The molecule has 107 heavy (non-hydrogen) atoms. The van der Waals surface area contributed by atoms with Crippen molar-refractivity contribution < 1.29 is 80.7 Å². The molecule has 0 bridgehead atoms. The number of benzene rings is 6. The number of nitrogens with zero attached hydrogens (tertiary/aromatic N) is 5. The van der Waals surface area contributed by atoms with E-state index in [4.69, 9.17) is 70.7 Å². The van der Waals surface area contributed by atoms with E-state index in [0.29, 0.717) is 80.5 Å². The number of esters is 3. The molecule has 5 heterocycles. The molecule has 6 aromatic carbocycles. The fraction of sp³-hybridized carbons (Fsp3) is 0.354. The third-order valence-electron chi connectivity index (χ3n) is 17.7. The van der Waals surface area contributed by atoms with Gasteiger partial charge in [-0.2, -0.15) is 0 Å². The summed E-state index contributed by atoms with van der Waals surface area (Å²) in [6.45, 7) is 13.8. The Labute approximate surface area is 637 Å². The number of hydrogen-bond acceptors (Lipinski definition) is 21. The van der Waals surface area contributed by atoms with E-state index in [1.165, 1.54) is 23.8 Å². The maximum atomic E-state index is 15.7. The molecular formula is C79H84Cl2N7O17S2+. The Hall–Kier alpha value is -10.1. The monoisotopic (exact) mass is 1540 g/mol. The van der Waals surface area contributed by atoms with Gasteiger partial charge in [0.05, 0.1) is 62.3 Å². The van der Waals surface area contributed by atoms with Crippen LogP contribution in [0, 0.1) is 0 Å². The molecule has 3 aliphatic heterocycles. The molecule has 562 valence electrons. The molecule has 24 nitrogen and oxygen atoms in total. The van der Waals surface area contributed by atoms with E-state index in [1.54, 1.807) is 86.1 Å². The Morgan fingerprint density at radius 1 is 0.720 bits per heavy atom. The lowest BCUT2D eigenvalue weighted by Crippen LogP contribution is -2.71. The molecule has 2 aromatic heterocycles. The van der Waals surface area contributed by atoms with Crippen LogP contribution in [0.1, 0.15) is 113 Å². The number of fused-ring (bicyclic) bond motifs is 2. The molecule has 2 N–H and O–H groups in total. The molecule has 8 aromatic rings. The van der Waals surface area contributed by atoms with Gasteiger partial charge in [0.15, 0.2) is 33.9 Å². The zero-order chi connectivity index (χ0) is 76.3. The SMILES string of the molecule is CCn1cc(C[N+]2(CC3=C(C(=O)OC(c4ccccc4)c4ccccc4)N4C(=O)[C@@H](NC(=O)/C(=N\O[C@@H](CC(=O)OC(C)(C)C)C(=O)OCc5ccc(OC)cc5)c5nc(NC(=O)OC(C)(C)C)sc5Cl)[C@H]4SC3)CCCC2)c(=O)c2c(Cl)c(OCc3ccc(OC)cc3)c(OCc3ccc(OC)cc3)cc21. The lowest BCUT2D eigenvalue weighted by Gasteiger charge is -2.50. The van der Waals surface area contributed by atoms with Gasteiger partial charge in [-0.3, -0.25) is 29.4 Å². The van der Waals surface area contributed by atoms with E-state index in [2.05, 4.69) is 20.8 Å². The summed E-state index contributed by atoms with van der Waals surface area (Å²) >= 11 is 16.4. The second kappa shape index (κ2) is 34.2. The number of amides is 3. The van der Waals surface area contributed by atoms with Gasteiger partial charge in [0, 0.05) is 43.0 Å². The van der Waals surface area contributed by atoms with E-state index in [1.807, 2.05) is 127 Å². The molecular weight excluding hydrogens is 1450 g/mol. The van der Waals surface area contributed by atoms with Crippen LogP contribution in [0.4, 0.5) is 9.93 Å². The molecule has 0 saturated carbocycles. The van der Waals surface area contributed by atoms with Gasteiger partial charge >= 0.3 is 24.0 Å². The van der Waals surface area contributed by atoms with Gasteiger partial charge in [-0.1, -0.05) is 137 Å². The quantitative estimate of drug-likeness (QED) is 0.0110. The summed E-state index contributed by atoms with van der Waals surface area (Å²) in [7, 11) is 4.69. The van der Waals surface area contributed by atoms with Crippen molar-refractivity contribution in [3.05, 3.63) is 216 Å². The number of thiazole rings is 1. The summed E-state index contributed by atoms with van der Waals surface area (Å²) in [5.74, 6) is -2.01. The Bertz CT molecular complexity index is 4650. The van der Waals surface area contributed by atoms with Crippen molar-refractivity contribution in [2.24, 2.45) is 5.16 Å². The van der Waals surface area contributed by atoms with E-state index < -0.39 is 82.8 Å². The van der Waals surface area contributed by atoms with E-state index in [9.17, 15) is 14.4 Å². The van der Waals surface area contributed by atoms with Crippen LogP contribution < -0.4 is 39.7 Å². The summed E-state index contributed by atoms with van der Waals surface area (Å²) in [6.07, 6.45) is -1.02. The maximum absolute atomic E-state index is 15.7. The van der Waals surface area contributed by atoms with Gasteiger partial charge in [-0.15, -0.1) is 11.8 Å². The molecule has 2 saturated heterocycles. The van der Waals surface area contributed by atoms with Gasteiger partial charge in [-0.05, 0) is 113 Å². The molecule has 3 amide bonds. The van der Waals surface area contributed by atoms with Crippen molar-refractivity contribution in [1.82, 2.24) is 19.8 Å². The normalized spacial score (nSPS) is 15.9. The highest BCUT2D eigenvalue weighted by Gasteiger charge is 2.56. The highest BCUT2D eigenvalue weighted by Crippen LogP contribution is 2.45. The average Bonchev–Trinajstić information content (AvgIpc) is 0.911. The third-order valence-corrected chi connectivity index (χ3v) is 20.6. The van der Waals surface area contributed by atoms with Crippen LogP contribution in [0.25, 0.3) is 10.9 Å². The van der Waals surface area contributed by atoms with Crippen molar-refractivity contribution in [3.63, 3.8) is 0 Å². The number of aromatic nitrogens is 2. The minimum atomic E-state index is -1.84. The van der Waals surface area contributed by atoms with Crippen molar-refractivity contribution in [2.75, 3.05) is 52.0 Å². The third kappa shape index (κ3) is 19.2. The number of likely N-dealkylation sites (tertiary alicyclic amines) is 1. The van der Waals surface area contributed by atoms with Gasteiger partial charge in [0.2, 0.25) is 6.10 Å². The zero-order valence-electron chi connectivity index (χ0n) is 60.9. The number of anilines is 1. The molecule has 0 spiro atoms. The van der Waals surface area contributed by atoms with Crippen molar-refractivity contribution in [1.29, 1.82) is 0 Å². The summed E-state index contributed by atoms with van der Waals surface area (Å²) in [5.41, 5.74) is 1.74. The second-order valence-corrected chi connectivity index (χ2v) is 30.8. The van der Waals surface area contributed by atoms with Crippen molar-refractivity contribution >= 4 is 104 Å². The van der Waals surface area contributed by atoms with Gasteiger partial charge in [0.25, 0.3) is 11.8 Å². The van der Waals surface area contributed by atoms with Crippen LogP contribution in [-0.2, 0) is 80.7 Å². The first-order valence-electron chi connectivity index (χ1n) is 34.7.